The van der Waals surface area contributed by atoms with Crippen LogP contribution in [0.25, 0.3) is 0 Å². The largest absolute Gasteiger partial charge is 0.465 e. The van der Waals surface area contributed by atoms with Crippen molar-refractivity contribution in [1.82, 2.24) is 19.8 Å². The molecule has 2 aromatic rings. The summed E-state index contributed by atoms with van der Waals surface area (Å²) in [6.07, 6.45) is 3.40. The number of hydrogen-bond acceptors (Lipinski definition) is 8. The first kappa shape index (κ1) is 32.0. The van der Waals surface area contributed by atoms with E-state index in [-0.39, 0.29) is 37.0 Å². The van der Waals surface area contributed by atoms with Crippen molar-refractivity contribution in [2.24, 2.45) is 0 Å². The molecule has 2 amide bonds. The minimum absolute atomic E-state index is 0.0166. The van der Waals surface area contributed by atoms with Gasteiger partial charge in [-0.25, -0.2) is 8.42 Å². The lowest BCUT2D eigenvalue weighted by atomic mass is 10.1. The fourth-order valence-corrected chi connectivity index (χ4v) is 6.24. The van der Waals surface area contributed by atoms with E-state index in [2.05, 4.69) is 14.9 Å². The van der Waals surface area contributed by atoms with Crippen molar-refractivity contribution in [2.45, 2.75) is 44.0 Å². The minimum Gasteiger partial charge on any atom is -0.465 e. The summed E-state index contributed by atoms with van der Waals surface area (Å²) in [6.45, 7) is 5.64. The quantitative estimate of drug-likeness (QED) is 0.196. The molecular formula is C30H40N6O6S. The number of sulfonamides is 1. The number of ether oxygens (including phenoxy) is 1. The van der Waals surface area contributed by atoms with Crippen molar-refractivity contribution in [3.05, 3.63) is 59.7 Å². The number of amidine groups is 1. The zero-order chi connectivity index (χ0) is 31.0. The van der Waals surface area contributed by atoms with Crippen molar-refractivity contribution < 1.29 is 27.5 Å². The molecule has 1 atom stereocenters. The van der Waals surface area contributed by atoms with Crippen LogP contribution < -0.4 is 14.9 Å². The van der Waals surface area contributed by atoms with Crippen LogP contribution in [-0.4, -0.2) is 100 Å². The molecule has 2 aliphatic rings. The van der Waals surface area contributed by atoms with Gasteiger partial charge >= 0.3 is 5.97 Å². The number of hydrogen-bond donors (Lipinski definition) is 3. The molecule has 13 heteroatoms. The Labute approximate surface area is 252 Å². The van der Waals surface area contributed by atoms with Crippen molar-refractivity contribution in [3.8, 4) is 0 Å². The number of carbonyl (C=O) groups excluding carboxylic acids is 3. The summed E-state index contributed by atoms with van der Waals surface area (Å²) in [5.74, 6) is -1.05. The number of esters is 1. The number of aryl methyl sites for hydroxylation is 1. The van der Waals surface area contributed by atoms with Crippen LogP contribution in [0.15, 0.2) is 53.4 Å². The number of likely N-dealkylation sites (tertiary alicyclic amines) is 1. The minimum atomic E-state index is -4.06. The van der Waals surface area contributed by atoms with Gasteiger partial charge in [0.15, 0.2) is 0 Å². The summed E-state index contributed by atoms with van der Waals surface area (Å²) in [5.41, 5.74) is 2.59. The van der Waals surface area contributed by atoms with Crippen LogP contribution in [0.5, 0.6) is 0 Å². The second-order valence-electron chi connectivity index (χ2n) is 10.7. The number of nitrogens with zero attached hydrogens (tertiary/aromatic N) is 3. The molecule has 3 N–H and O–H groups in total. The molecule has 0 radical (unpaired) electrons. The number of nitrogens with one attached hydrogen (secondary N) is 3. The number of rotatable bonds is 11. The van der Waals surface area contributed by atoms with Gasteiger partial charge in [0.2, 0.25) is 21.8 Å². The van der Waals surface area contributed by atoms with Gasteiger partial charge in [0.05, 0.1) is 24.6 Å². The van der Waals surface area contributed by atoms with Crippen LogP contribution in [0.1, 0.15) is 37.3 Å². The average Bonchev–Trinajstić information content (AvgIpc) is 3.00. The van der Waals surface area contributed by atoms with E-state index in [0.29, 0.717) is 18.9 Å². The van der Waals surface area contributed by atoms with E-state index in [9.17, 15) is 22.8 Å². The molecule has 2 aliphatic heterocycles. The molecule has 43 heavy (non-hydrogen) atoms. The molecule has 12 nitrogen and oxygen atoms in total. The molecule has 0 aromatic heterocycles. The first-order valence-electron chi connectivity index (χ1n) is 14.6. The smallest absolute Gasteiger partial charge is 0.326 e. The molecule has 232 valence electrons. The van der Waals surface area contributed by atoms with Crippen LogP contribution in [0.2, 0.25) is 0 Å². The van der Waals surface area contributed by atoms with E-state index >= 15 is 0 Å². The molecular weight excluding hydrogens is 572 g/mol. The van der Waals surface area contributed by atoms with Gasteiger partial charge in [-0.1, -0.05) is 17.7 Å². The summed E-state index contributed by atoms with van der Waals surface area (Å²) in [4.78, 5) is 43.6. The molecule has 2 fully saturated rings. The molecule has 0 unspecified atom stereocenters. The predicted molar refractivity (Wildman–Crippen MR) is 162 cm³/mol. The molecule has 0 aliphatic carbocycles. The van der Waals surface area contributed by atoms with E-state index < -0.39 is 27.9 Å². The summed E-state index contributed by atoms with van der Waals surface area (Å²) in [6, 6.07) is 12.4. The number of piperidine rings is 1. The summed E-state index contributed by atoms with van der Waals surface area (Å²) >= 11 is 0. The predicted octanol–water partition coefficient (Wildman–Crippen LogP) is 1.48. The van der Waals surface area contributed by atoms with E-state index in [1.165, 1.54) is 23.5 Å². The highest BCUT2D eigenvalue weighted by molar-refractivity contribution is 7.89. The lowest BCUT2D eigenvalue weighted by molar-refractivity contribution is -0.145. The Morgan fingerprint density at radius 3 is 2.28 bits per heavy atom. The molecule has 4 rings (SSSR count). The van der Waals surface area contributed by atoms with Crippen molar-refractivity contribution in [1.29, 1.82) is 5.41 Å². The Balaban J connectivity index is 1.29. The third-order valence-corrected chi connectivity index (χ3v) is 9.02. The Morgan fingerprint density at radius 1 is 0.977 bits per heavy atom. The fraction of sp³-hybridized carbons (Fsp3) is 0.467. The van der Waals surface area contributed by atoms with Crippen LogP contribution >= 0.6 is 0 Å². The third-order valence-electron chi connectivity index (χ3n) is 7.53. The molecule has 2 saturated heterocycles. The van der Waals surface area contributed by atoms with Crippen LogP contribution in [0.4, 0.5) is 5.69 Å². The van der Waals surface area contributed by atoms with Gasteiger partial charge in [-0.2, -0.15) is 4.72 Å². The van der Waals surface area contributed by atoms with Gasteiger partial charge in [-0.3, -0.25) is 19.8 Å². The molecule has 2 heterocycles. The average molecular weight is 613 g/mol. The maximum Gasteiger partial charge on any atom is 0.326 e. The highest BCUT2D eigenvalue weighted by atomic mass is 32.2. The normalized spacial score (nSPS) is 16.5. The lowest BCUT2D eigenvalue weighted by Crippen LogP contribution is -2.54. The molecule has 0 saturated carbocycles. The lowest BCUT2D eigenvalue weighted by Gasteiger charge is -2.35. The number of carbonyl (C=O) groups is 3. The van der Waals surface area contributed by atoms with E-state index in [0.717, 1.165) is 42.7 Å². The zero-order valence-corrected chi connectivity index (χ0v) is 25.5. The van der Waals surface area contributed by atoms with Gasteiger partial charge in [-0.05, 0) is 69.5 Å². The summed E-state index contributed by atoms with van der Waals surface area (Å²) in [7, 11) is -4.06. The first-order valence-corrected chi connectivity index (χ1v) is 16.0. The Hall–Kier alpha value is -3.97. The van der Waals surface area contributed by atoms with E-state index in [1.54, 1.807) is 19.1 Å². The van der Waals surface area contributed by atoms with Crippen LogP contribution in [-0.2, 0) is 29.1 Å². The Bertz CT molecular complexity index is 1410. The van der Waals surface area contributed by atoms with Gasteiger partial charge in [0.1, 0.15) is 11.9 Å². The number of anilines is 1. The second-order valence-corrected chi connectivity index (χ2v) is 12.4. The monoisotopic (exact) mass is 612 g/mol. The topological polar surface area (TPSA) is 152 Å². The second kappa shape index (κ2) is 14.5. The van der Waals surface area contributed by atoms with Gasteiger partial charge in [0, 0.05) is 44.0 Å². The van der Waals surface area contributed by atoms with Gasteiger partial charge < -0.3 is 24.8 Å². The van der Waals surface area contributed by atoms with Crippen molar-refractivity contribution >= 4 is 39.3 Å². The maximum absolute atomic E-state index is 12.9. The van der Waals surface area contributed by atoms with Gasteiger partial charge in [0.25, 0.3) is 0 Å². The highest BCUT2D eigenvalue weighted by Crippen LogP contribution is 2.20. The van der Waals surface area contributed by atoms with Crippen LogP contribution in [0.3, 0.4) is 0 Å². The number of benzene rings is 2. The summed E-state index contributed by atoms with van der Waals surface area (Å²) < 4.78 is 33.0. The number of piperazine rings is 1. The zero-order valence-electron chi connectivity index (χ0n) is 24.7. The van der Waals surface area contributed by atoms with E-state index in [1.807, 2.05) is 36.1 Å². The van der Waals surface area contributed by atoms with E-state index in [4.69, 9.17) is 10.1 Å². The van der Waals surface area contributed by atoms with Gasteiger partial charge in [-0.15, -0.1) is 0 Å². The molecule has 0 bridgehead atoms. The highest BCUT2D eigenvalue weighted by Gasteiger charge is 2.29. The first-order chi connectivity index (χ1) is 20.6. The number of amides is 2. The molecule has 2 aromatic carbocycles. The Kier molecular flexibility index (Phi) is 10.8. The Morgan fingerprint density at radius 2 is 1.65 bits per heavy atom. The molecule has 0 spiro atoms. The SMILES string of the molecule is CCOC(=O)[C@H](CNC(=O)CN1CCN(c2ccc(C(=N)N3CCCCC3)cc2)CC1=O)NS(=O)(=O)c1ccc(C)cc1. The van der Waals surface area contributed by atoms with Crippen molar-refractivity contribution in [3.63, 3.8) is 0 Å². The third kappa shape index (κ3) is 8.54. The fourth-order valence-electron chi connectivity index (χ4n) is 5.06. The van der Waals surface area contributed by atoms with Crippen molar-refractivity contribution in [2.75, 3.05) is 57.3 Å². The van der Waals surface area contributed by atoms with Crippen LogP contribution in [0, 0.1) is 12.3 Å². The summed E-state index contributed by atoms with van der Waals surface area (Å²) in [5, 5.41) is 11.1. The standard InChI is InChI=1S/C30H40N6O6S/c1-3-42-30(39)26(33-43(40,41)25-13-7-22(2)8-14-25)19-32-27(37)20-36-18-17-35(21-28(36)38)24-11-9-23(10-12-24)29(31)34-15-5-4-6-16-34/h7-14,26,31,33H,3-6,15-21H2,1-2H3,(H,32,37)/t26-/m0/s1. The maximum atomic E-state index is 12.9.